The van der Waals surface area contributed by atoms with Crippen LogP contribution in [0.4, 0.5) is 29.3 Å². The molecule has 2 heterocycles. The van der Waals surface area contributed by atoms with E-state index in [1.165, 1.54) is 12.1 Å². The maximum Gasteiger partial charge on any atom is 0.416 e. The standard InChI is InChI=1S/C26H28F3N7O/c1-24-19(14-20(25(30)11-12-25)34-22(24)36(3)35-21(24)31-2)15-7-9-17(10-8-15)32-23(37)33-18-6-4-5-16(13-18)26(27,28)29/h4-10,13-14,19H,11-12,30H2,1-3H3,(H,31,35)(H2,32,33,37). The van der Waals surface area contributed by atoms with E-state index in [2.05, 4.69) is 34.1 Å². The average molecular weight is 512 g/mol. The van der Waals surface area contributed by atoms with Gasteiger partial charge in [0, 0.05) is 31.4 Å². The lowest BCUT2D eigenvalue weighted by Crippen LogP contribution is -2.42. The van der Waals surface area contributed by atoms with Crippen molar-refractivity contribution in [2.45, 2.75) is 37.4 Å². The number of allylic oxidation sites excluding steroid dienone is 1. The van der Waals surface area contributed by atoms with Crippen LogP contribution in [-0.2, 0) is 6.18 Å². The van der Waals surface area contributed by atoms with Gasteiger partial charge in [-0.05, 0) is 55.7 Å². The van der Waals surface area contributed by atoms with Gasteiger partial charge in [0.25, 0.3) is 0 Å². The molecule has 5 rings (SSSR count). The third-order valence-corrected chi connectivity index (χ3v) is 7.22. The quantitative estimate of drug-likeness (QED) is 0.477. The van der Waals surface area contributed by atoms with Gasteiger partial charge in [0.2, 0.25) is 0 Å². The number of amides is 2. The van der Waals surface area contributed by atoms with Gasteiger partial charge in [0.1, 0.15) is 11.7 Å². The van der Waals surface area contributed by atoms with Crippen molar-refractivity contribution >= 4 is 29.1 Å². The number of nitrogens with zero attached hydrogens (tertiary/aromatic N) is 3. The Morgan fingerprint density at radius 2 is 1.84 bits per heavy atom. The summed E-state index contributed by atoms with van der Waals surface area (Å²) >= 11 is 0. The number of fused-ring (bicyclic) bond motifs is 1. The number of carbonyl (C=O) groups is 1. The fraction of sp³-hybridized carbons (Fsp3) is 0.346. The lowest BCUT2D eigenvalue weighted by atomic mass is 9.70. The highest BCUT2D eigenvalue weighted by atomic mass is 19.4. The highest BCUT2D eigenvalue weighted by Crippen LogP contribution is 2.50. The second-order valence-electron chi connectivity index (χ2n) is 9.85. The molecule has 0 radical (unpaired) electrons. The topological polar surface area (TPSA) is 107 Å². The molecule has 0 bridgehead atoms. The molecule has 2 aromatic rings. The maximum atomic E-state index is 13.0. The average Bonchev–Trinajstić information content (AvgIpc) is 3.54. The Kier molecular flexibility index (Phi) is 5.78. The number of rotatable bonds is 4. The molecule has 3 aliphatic rings. The van der Waals surface area contributed by atoms with Crippen LogP contribution in [0.1, 0.15) is 36.8 Å². The van der Waals surface area contributed by atoms with Gasteiger partial charge in [-0.15, -0.1) is 0 Å². The minimum absolute atomic E-state index is 0.0450. The van der Waals surface area contributed by atoms with Crippen molar-refractivity contribution in [1.29, 1.82) is 0 Å². The van der Waals surface area contributed by atoms with Gasteiger partial charge in [0.15, 0.2) is 0 Å². The van der Waals surface area contributed by atoms with Crippen LogP contribution in [0.5, 0.6) is 0 Å². The normalized spacial score (nSPS) is 25.1. The molecule has 5 N–H and O–H groups in total. The van der Waals surface area contributed by atoms with E-state index in [9.17, 15) is 18.0 Å². The Morgan fingerprint density at radius 3 is 2.46 bits per heavy atom. The molecule has 2 aliphatic heterocycles. The minimum atomic E-state index is -4.49. The summed E-state index contributed by atoms with van der Waals surface area (Å²) < 4.78 is 38.9. The molecule has 11 heteroatoms. The zero-order valence-corrected chi connectivity index (χ0v) is 20.6. The summed E-state index contributed by atoms with van der Waals surface area (Å²) in [5, 5.41) is 6.99. The minimum Gasteiger partial charge on any atom is -0.320 e. The Labute approximate surface area is 212 Å². The van der Waals surface area contributed by atoms with E-state index >= 15 is 0 Å². The van der Waals surface area contributed by atoms with E-state index in [4.69, 9.17) is 10.7 Å². The first-order valence-electron chi connectivity index (χ1n) is 11.9. The van der Waals surface area contributed by atoms with Crippen molar-refractivity contribution in [2.75, 3.05) is 24.7 Å². The van der Waals surface area contributed by atoms with Crippen LogP contribution in [0.25, 0.3) is 0 Å². The lowest BCUT2D eigenvalue weighted by molar-refractivity contribution is -0.137. The van der Waals surface area contributed by atoms with Crippen LogP contribution in [-0.4, -0.2) is 42.3 Å². The number of aliphatic imine (C=N–C) groups is 2. The summed E-state index contributed by atoms with van der Waals surface area (Å²) in [6.07, 6.45) is -0.609. The van der Waals surface area contributed by atoms with Crippen molar-refractivity contribution in [3.8, 4) is 0 Å². The number of alkyl halides is 3. The van der Waals surface area contributed by atoms with E-state index in [1.54, 1.807) is 19.2 Å². The molecule has 1 saturated heterocycles. The summed E-state index contributed by atoms with van der Waals surface area (Å²) in [6.45, 7) is 2.09. The number of nitrogens with one attached hydrogen (secondary N) is 3. The van der Waals surface area contributed by atoms with Gasteiger partial charge in [0.05, 0.1) is 22.2 Å². The second kappa shape index (κ2) is 8.62. The van der Waals surface area contributed by atoms with Crippen LogP contribution < -0.4 is 21.8 Å². The van der Waals surface area contributed by atoms with E-state index in [0.29, 0.717) is 5.69 Å². The fourth-order valence-electron chi connectivity index (χ4n) is 4.96. The molecule has 8 nitrogen and oxygen atoms in total. The monoisotopic (exact) mass is 511 g/mol. The highest BCUT2D eigenvalue weighted by molar-refractivity contribution is 6.16. The predicted octanol–water partition coefficient (Wildman–Crippen LogP) is 4.70. The third kappa shape index (κ3) is 4.43. The van der Waals surface area contributed by atoms with Crippen LogP contribution in [0, 0.1) is 5.41 Å². The molecule has 0 aromatic heterocycles. The maximum absolute atomic E-state index is 13.0. The third-order valence-electron chi connectivity index (χ3n) is 7.22. The molecule has 0 spiro atoms. The Hall–Kier alpha value is -3.86. The predicted molar refractivity (Wildman–Crippen MR) is 137 cm³/mol. The number of carbonyl (C=O) groups excluding carboxylic acids is 1. The summed E-state index contributed by atoms with van der Waals surface area (Å²) in [6, 6.07) is 11.2. The summed E-state index contributed by atoms with van der Waals surface area (Å²) in [5.41, 5.74) is 10.4. The number of amidine groups is 2. The zero-order chi connectivity index (χ0) is 26.6. The van der Waals surface area contributed by atoms with E-state index in [-0.39, 0.29) is 11.6 Å². The van der Waals surface area contributed by atoms with Gasteiger partial charge in [-0.3, -0.25) is 15.4 Å². The molecular weight excluding hydrogens is 483 g/mol. The van der Waals surface area contributed by atoms with Gasteiger partial charge in [-0.25, -0.2) is 9.79 Å². The Balaban J connectivity index is 1.37. The SMILES string of the molecule is CN=C1NN(C)C2=NC(C3(N)CC3)=CC(c3ccc(NC(=O)Nc4cccc(C(F)(F)F)c4)cc3)C12C. The molecule has 2 aromatic carbocycles. The van der Waals surface area contributed by atoms with Crippen LogP contribution >= 0.6 is 0 Å². The lowest BCUT2D eigenvalue weighted by Gasteiger charge is -2.36. The molecule has 194 valence electrons. The number of hydrazine groups is 1. The summed E-state index contributed by atoms with van der Waals surface area (Å²) in [5.74, 6) is 1.52. The van der Waals surface area contributed by atoms with E-state index < -0.39 is 28.7 Å². The molecular formula is C26H28F3N7O. The number of nitrogens with two attached hydrogens (primary N) is 1. The largest absolute Gasteiger partial charge is 0.416 e. The first-order chi connectivity index (χ1) is 17.4. The van der Waals surface area contributed by atoms with Gasteiger partial charge in [-0.2, -0.15) is 13.2 Å². The van der Waals surface area contributed by atoms with Crippen molar-refractivity contribution in [3.63, 3.8) is 0 Å². The summed E-state index contributed by atoms with van der Waals surface area (Å²) in [4.78, 5) is 21.8. The van der Waals surface area contributed by atoms with Crippen molar-refractivity contribution < 1.29 is 18.0 Å². The Morgan fingerprint density at radius 1 is 1.16 bits per heavy atom. The van der Waals surface area contributed by atoms with Gasteiger partial charge >= 0.3 is 12.2 Å². The van der Waals surface area contributed by atoms with Crippen molar-refractivity contribution in [3.05, 3.63) is 71.4 Å². The highest BCUT2D eigenvalue weighted by Gasteiger charge is 2.55. The van der Waals surface area contributed by atoms with Gasteiger partial charge < -0.3 is 16.4 Å². The molecule has 2 atom stereocenters. The van der Waals surface area contributed by atoms with Crippen LogP contribution in [0.15, 0.2) is 70.3 Å². The molecule has 1 aliphatic carbocycles. The number of anilines is 2. The van der Waals surface area contributed by atoms with Crippen molar-refractivity contribution in [1.82, 2.24) is 10.4 Å². The number of benzene rings is 2. The molecule has 37 heavy (non-hydrogen) atoms. The zero-order valence-electron chi connectivity index (χ0n) is 20.6. The number of hydrogen-bond acceptors (Lipinski definition) is 5. The molecule has 2 fully saturated rings. The summed E-state index contributed by atoms with van der Waals surface area (Å²) in [7, 11) is 3.64. The second-order valence-corrected chi connectivity index (χ2v) is 9.85. The molecule has 1 saturated carbocycles. The first kappa shape index (κ1) is 24.8. The van der Waals surface area contributed by atoms with Crippen LogP contribution in [0.3, 0.4) is 0 Å². The fourth-order valence-corrected chi connectivity index (χ4v) is 4.96. The molecule has 2 amide bonds. The number of hydrogen-bond donors (Lipinski definition) is 4. The number of urea groups is 1. The smallest absolute Gasteiger partial charge is 0.320 e. The van der Waals surface area contributed by atoms with Crippen LogP contribution in [0.2, 0.25) is 0 Å². The van der Waals surface area contributed by atoms with Crippen molar-refractivity contribution in [2.24, 2.45) is 21.1 Å². The first-order valence-corrected chi connectivity index (χ1v) is 11.9. The van der Waals surface area contributed by atoms with E-state index in [1.807, 2.05) is 24.2 Å². The van der Waals surface area contributed by atoms with Gasteiger partial charge in [-0.1, -0.05) is 24.3 Å². The van der Waals surface area contributed by atoms with E-state index in [0.717, 1.165) is 47.9 Å². The Bertz CT molecular complexity index is 1330. The molecule has 2 unspecified atom stereocenters. The number of halogens is 3.